The molecule has 0 spiro atoms. The number of ether oxygens (including phenoxy) is 6. The maximum atomic E-state index is 12.5. The van der Waals surface area contributed by atoms with Crippen molar-refractivity contribution in [3.05, 3.63) is 35.6 Å². The lowest BCUT2D eigenvalue weighted by Gasteiger charge is -2.44. The van der Waals surface area contributed by atoms with Gasteiger partial charge in [0.05, 0.1) is 37.1 Å². The third-order valence-corrected chi connectivity index (χ3v) is 9.23. The van der Waals surface area contributed by atoms with E-state index >= 15 is 0 Å². The first-order chi connectivity index (χ1) is 22.2. The molecule has 13 atom stereocenters. The van der Waals surface area contributed by atoms with E-state index in [1.807, 2.05) is 6.92 Å². The first-order valence-electron chi connectivity index (χ1n) is 15.6. The molecule has 4 aliphatic rings. The molecule has 2 saturated heterocycles. The third-order valence-electron chi connectivity index (χ3n) is 9.23. The smallest absolute Gasteiger partial charge is 0.334 e. The molecule has 16 nitrogen and oxygen atoms in total. The van der Waals surface area contributed by atoms with Crippen LogP contribution in [0.2, 0.25) is 0 Å². The fourth-order valence-corrected chi connectivity index (χ4v) is 6.17. The quantitative estimate of drug-likeness (QED) is 0.0589. The molecule has 266 valence electrons. The second kappa shape index (κ2) is 15.8. The van der Waals surface area contributed by atoms with Gasteiger partial charge in [-0.25, -0.2) is 9.59 Å². The molecule has 0 bridgehead atoms. The number of aliphatic carboxylic acids is 1. The molecular weight excluding hydrogens is 628 g/mol. The van der Waals surface area contributed by atoms with E-state index in [0.717, 1.165) is 12.7 Å². The summed E-state index contributed by atoms with van der Waals surface area (Å²) >= 11 is 0. The molecule has 0 amide bonds. The van der Waals surface area contributed by atoms with Gasteiger partial charge in [0.15, 0.2) is 18.2 Å². The van der Waals surface area contributed by atoms with Crippen molar-refractivity contribution in [1.29, 1.82) is 0 Å². The maximum Gasteiger partial charge on any atom is 0.334 e. The Bertz CT molecular complexity index is 1190. The van der Waals surface area contributed by atoms with Crippen LogP contribution in [-0.2, 0) is 38.0 Å². The van der Waals surface area contributed by atoms with Crippen LogP contribution in [-0.4, -0.2) is 140 Å². The molecule has 0 aromatic rings. The molecule has 16 heteroatoms. The van der Waals surface area contributed by atoms with Crippen molar-refractivity contribution in [2.75, 3.05) is 26.4 Å². The zero-order chi connectivity index (χ0) is 34.6. The molecule has 3 fully saturated rings. The molecule has 13 unspecified atom stereocenters. The zero-order valence-electron chi connectivity index (χ0n) is 26.3. The largest absolute Gasteiger partial charge is 0.478 e. The number of carboxylic acids is 1. The third kappa shape index (κ3) is 8.22. The summed E-state index contributed by atoms with van der Waals surface area (Å²) in [7, 11) is 0. The van der Waals surface area contributed by atoms with Gasteiger partial charge >= 0.3 is 11.9 Å². The van der Waals surface area contributed by atoms with Crippen LogP contribution >= 0.6 is 0 Å². The number of hydrogen-bond acceptors (Lipinski definition) is 15. The number of aliphatic hydroxyl groups excluding tert-OH is 6. The summed E-state index contributed by atoms with van der Waals surface area (Å²) in [6.07, 6.45) is -9.20. The van der Waals surface area contributed by atoms with Crippen LogP contribution in [0.15, 0.2) is 35.6 Å². The fraction of sp³-hybridized carbons (Fsp3) is 0.742. The van der Waals surface area contributed by atoms with E-state index in [0.29, 0.717) is 12.8 Å². The molecular formula is C31H46O16. The molecule has 8 N–H and O–H groups in total. The van der Waals surface area contributed by atoms with Crippen LogP contribution in [0, 0.1) is 17.8 Å². The van der Waals surface area contributed by atoms with Gasteiger partial charge in [-0.3, -0.25) is 0 Å². The van der Waals surface area contributed by atoms with Crippen molar-refractivity contribution >= 4 is 11.9 Å². The van der Waals surface area contributed by atoms with Gasteiger partial charge in [0, 0.05) is 18.1 Å². The summed E-state index contributed by atoms with van der Waals surface area (Å²) in [4.78, 5) is 24.3. The normalized spacial score (nSPS) is 39.6. The lowest BCUT2D eigenvalue weighted by Crippen LogP contribution is -2.62. The molecule has 47 heavy (non-hydrogen) atoms. The van der Waals surface area contributed by atoms with E-state index in [1.165, 1.54) is 0 Å². The average molecular weight is 675 g/mol. The van der Waals surface area contributed by atoms with Crippen LogP contribution < -0.4 is 0 Å². The number of fused-ring (bicyclic) bond motifs is 1. The Labute approximate surface area is 271 Å². The van der Waals surface area contributed by atoms with Crippen LogP contribution in [0.3, 0.4) is 0 Å². The summed E-state index contributed by atoms with van der Waals surface area (Å²) in [5.74, 6) is -3.30. The number of rotatable bonds is 14. The van der Waals surface area contributed by atoms with Crippen molar-refractivity contribution in [1.82, 2.24) is 0 Å². The number of hydrogen-bond donors (Lipinski definition) is 8. The predicted molar refractivity (Wildman–Crippen MR) is 157 cm³/mol. The molecule has 0 radical (unpaired) electrons. The number of carboxylic acid groups (broad SMARTS) is 1. The highest BCUT2D eigenvalue weighted by molar-refractivity contribution is 5.88. The van der Waals surface area contributed by atoms with Crippen molar-refractivity contribution in [2.24, 2.45) is 17.8 Å². The second-order valence-corrected chi connectivity index (χ2v) is 12.7. The molecule has 0 aromatic heterocycles. The van der Waals surface area contributed by atoms with Gasteiger partial charge in [-0.05, 0) is 44.1 Å². The van der Waals surface area contributed by atoms with Gasteiger partial charge in [0.25, 0.3) is 0 Å². The van der Waals surface area contributed by atoms with Crippen molar-refractivity contribution in [2.45, 2.75) is 101 Å². The van der Waals surface area contributed by atoms with E-state index < -0.39 is 105 Å². The lowest BCUT2D eigenvalue weighted by atomic mass is 9.85. The summed E-state index contributed by atoms with van der Waals surface area (Å²) in [6, 6.07) is 0. The summed E-state index contributed by atoms with van der Waals surface area (Å²) in [5.41, 5.74) is -1.69. The van der Waals surface area contributed by atoms with E-state index in [9.17, 15) is 45.3 Å². The Hall–Kier alpha value is -2.48. The number of aliphatic hydroxyl groups is 7. The topological polar surface area (TPSA) is 251 Å². The van der Waals surface area contributed by atoms with Crippen molar-refractivity contribution < 1.29 is 78.9 Å². The molecule has 1 saturated carbocycles. The van der Waals surface area contributed by atoms with Crippen LogP contribution in [0.25, 0.3) is 0 Å². The Morgan fingerprint density at radius 1 is 1.11 bits per heavy atom. The van der Waals surface area contributed by atoms with Gasteiger partial charge in [-0.2, -0.15) is 0 Å². The molecule has 1 aliphatic carbocycles. The monoisotopic (exact) mass is 674 g/mol. The SMILES string of the molecule is C=C1C(O)CC2C(C(=O)O)=COC(OC3OC(CO)C(O)C(O)C3OC3OCC(O)(COC(=O)/C(C)=C/CCC(C)CCO)C3O)C12. The number of carbonyl (C=O) groups excluding carboxylic acids is 1. The van der Waals surface area contributed by atoms with Gasteiger partial charge < -0.3 is 69.3 Å². The predicted octanol–water partition coefficient (Wildman–Crippen LogP) is -1.56. The lowest BCUT2D eigenvalue weighted by molar-refractivity contribution is -0.363. The summed E-state index contributed by atoms with van der Waals surface area (Å²) in [5, 5.41) is 82.3. The highest BCUT2D eigenvalue weighted by atomic mass is 16.8. The number of esters is 1. The Kier molecular flexibility index (Phi) is 12.6. The minimum atomic E-state index is -2.12. The Balaban J connectivity index is 1.43. The van der Waals surface area contributed by atoms with Gasteiger partial charge in [-0.1, -0.05) is 19.6 Å². The van der Waals surface area contributed by atoms with Crippen molar-refractivity contribution in [3.8, 4) is 0 Å². The molecule has 3 heterocycles. The van der Waals surface area contributed by atoms with Gasteiger partial charge in [0.2, 0.25) is 6.29 Å². The maximum absolute atomic E-state index is 12.5. The van der Waals surface area contributed by atoms with Crippen LogP contribution in [0.1, 0.15) is 39.5 Å². The minimum Gasteiger partial charge on any atom is -0.478 e. The second-order valence-electron chi connectivity index (χ2n) is 12.7. The van der Waals surface area contributed by atoms with Gasteiger partial charge in [0.1, 0.15) is 37.1 Å². The molecule has 4 rings (SSSR count). The first-order valence-corrected chi connectivity index (χ1v) is 15.6. The van der Waals surface area contributed by atoms with E-state index in [2.05, 4.69) is 6.58 Å². The highest BCUT2D eigenvalue weighted by Crippen LogP contribution is 2.47. The van der Waals surface area contributed by atoms with Crippen LogP contribution in [0.5, 0.6) is 0 Å². The number of carbonyl (C=O) groups is 2. The summed E-state index contributed by atoms with van der Waals surface area (Å²) < 4.78 is 33.7. The van der Waals surface area contributed by atoms with Crippen LogP contribution in [0.4, 0.5) is 0 Å². The molecule has 0 aromatic carbocycles. The van der Waals surface area contributed by atoms with Crippen molar-refractivity contribution in [3.63, 3.8) is 0 Å². The minimum absolute atomic E-state index is 0.0430. The van der Waals surface area contributed by atoms with E-state index in [4.69, 9.17) is 33.5 Å². The standard InChI is InChI=1S/C31H46O16/c1-14(7-8-32)5-4-6-15(2)27(40)43-12-31(41)13-44-30(25(31)37)46-24-23(36)22(35)20(10-33)45-29(24)47-28-21-16(3)19(34)9-17(21)18(11-42-28)26(38)39/h6,11,14,17,19-25,28-30,32-37,41H,3-5,7-10,12-13H2,1-2H3,(H,38,39)/b15-6+. The highest BCUT2D eigenvalue weighted by Gasteiger charge is 2.56. The van der Waals surface area contributed by atoms with Gasteiger partial charge in [-0.15, -0.1) is 0 Å². The Morgan fingerprint density at radius 2 is 1.83 bits per heavy atom. The molecule has 3 aliphatic heterocycles. The first kappa shape index (κ1) is 37.3. The Morgan fingerprint density at radius 3 is 2.49 bits per heavy atom. The van der Waals surface area contributed by atoms with E-state index in [1.54, 1.807) is 13.0 Å². The number of allylic oxidation sites excluding steroid dienone is 1. The average Bonchev–Trinajstić information content (AvgIpc) is 3.49. The fourth-order valence-electron chi connectivity index (χ4n) is 6.17. The summed E-state index contributed by atoms with van der Waals surface area (Å²) in [6.45, 7) is 5.51. The van der Waals surface area contributed by atoms with E-state index in [-0.39, 0.29) is 35.7 Å². The zero-order valence-corrected chi connectivity index (χ0v) is 26.3.